The third-order valence-corrected chi connectivity index (χ3v) is 1.69. The van der Waals surface area contributed by atoms with E-state index in [9.17, 15) is 4.79 Å². The predicted molar refractivity (Wildman–Crippen MR) is 70.0 cm³/mol. The standard InChI is InChI=1S/C6H12O7.C2H2O4.2Mg.4H/c7-1-2(8)3(9)4(10)5(11)6(12)13;3-1(4)2(5)6;;;;;;/h2-5,7-11H,1H2,(H,12,13);(H,3,4)(H,5,6);;;;;;/q;;2*+2;4*-1/t2-,3-,4+,5-;;;;;;;/m1......./s1. The number of hydrogen-bond donors (Lipinski definition) is 8. The average molecular weight is 339 g/mol. The van der Waals surface area contributed by atoms with Crippen LogP contribution in [0.25, 0.3) is 0 Å². The van der Waals surface area contributed by atoms with Crippen molar-refractivity contribution in [3.8, 4) is 0 Å². The molecular formula is C8H18Mg2O11. The van der Waals surface area contributed by atoms with Crippen molar-refractivity contribution in [1.82, 2.24) is 0 Å². The van der Waals surface area contributed by atoms with Gasteiger partial charge in [0.1, 0.15) is 18.3 Å². The topological polar surface area (TPSA) is 213 Å². The molecule has 21 heavy (non-hydrogen) atoms. The van der Waals surface area contributed by atoms with Crippen LogP contribution in [0.4, 0.5) is 0 Å². The molecule has 0 saturated carbocycles. The van der Waals surface area contributed by atoms with Gasteiger partial charge < -0.3 is 46.6 Å². The fourth-order valence-corrected chi connectivity index (χ4v) is 0.668. The van der Waals surface area contributed by atoms with Gasteiger partial charge in [-0.25, -0.2) is 14.4 Å². The van der Waals surface area contributed by atoms with Crippen LogP contribution in [0.1, 0.15) is 5.71 Å². The number of carboxylic acid groups (broad SMARTS) is 3. The van der Waals surface area contributed by atoms with Crippen LogP contribution in [-0.2, 0) is 14.4 Å². The van der Waals surface area contributed by atoms with Crippen LogP contribution in [0.2, 0.25) is 0 Å². The summed E-state index contributed by atoms with van der Waals surface area (Å²) in [6, 6.07) is 0. The molecule has 0 amide bonds. The maximum atomic E-state index is 10.1. The summed E-state index contributed by atoms with van der Waals surface area (Å²) in [5.74, 6) is -5.37. The fraction of sp³-hybridized carbons (Fsp3) is 0.625. The Hall–Kier alpha value is -0.258. The molecule has 120 valence electrons. The number of aliphatic carboxylic acids is 3. The molecule has 0 radical (unpaired) electrons. The zero-order valence-corrected chi connectivity index (χ0v) is 13.6. The molecule has 13 heteroatoms. The maximum Gasteiger partial charge on any atom is 2.00 e. The van der Waals surface area contributed by atoms with Gasteiger partial charge in [0.15, 0.2) is 6.10 Å². The molecule has 0 spiro atoms. The molecule has 0 aromatic heterocycles. The van der Waals surface area contributed by atoms with E-state index in [0.717, 1.165) is 0 Å². The van der Waals surface area contributed by atoms with Gasteiger partial charge in [0.25, 0.3) is 0 Å². The van der Waals surface area contributed by atoms with E-state index in [4.69, 9.17) is 50.4 Å². The Balaban J connectivity index is -0.0000000358. The predicted octanol–water partition coefficient (Wildman–Crippen LogP) is -4.65. The van der Waals surface area contributed by atoms with Crippen molar-refractivity contribution >= 4 is 64.0 Å². The van der Waals surface area contributed by atoms with Crippen molar-refractivity contribution in [3.05, 3.63) is 0 Å². The number of carbonyl (C=O) groups is 3. The van der Waals surface area contributed by atoms with Gasteiger partial charge in [0.05, 0.1) is 6.61 Å². The van der Waals surface area contributed by atoms with Crippen molar-refractivity contribution in [1.29, 1.82) is 0 Å². The first-order valence-electron chi connectivity index (χ1n) is 4.58. The third-order valence-electron chi connectivity index (χ3n) is 1.69. The van der Waals surface area contributed by atoms with Crippen LogP contribution in [0, 0.1) is 0 Å². The van der Waals surface area contributed by atoms with Gasteiger partial charge in [-0.1, -0.05) is 0 Å². The first kappa shape index (κ1) is 28.8. The van der Waals surface area contributed by atoms with Gasteiger partial charge >= 0.3 is 64.0 Å². The molecular weight excluding hydrogens is 321 g/mol. The molecule has 0 heterocycles. The number of aliphatic hydroxyl groups excluding tert-OH is 5. The molecule has 0 aliphatic heterocycles. The Bertz CT molecular complexity index is 327. The zero-order valence-electron chi connectivity index (χ0n) is 14.7. The fourth-order valence-electron chi connectivity index (χ4n) is 0.668. The smallest absolute Gasteiger partial charge is 1.00 e. The SMILES string of the molecule is O=C(O)C(=O)O.O=C(O)[C@H](O)[C@@H](O)[C@H](O)[C@H](O)CO.[H-].[H-].[H-].[H-].[Mg+2].[Mg+2]. The van der Waals surface area contributed by atoms with Gasteiger partial charge in [-0.15, -0.1) is 0 Å². The van der Waals surface area contributed by atoms with E-state index in [0.29, 0.717) is 0 Å². The van der Waals surface area contributed by atoms with Gasteiger partial charge in [-0.05, 0) is 0 Å². The van der Waals surface area contributed by atoms with Crippen LogP contribution in [0.5, 0.6) is 0 Å². The van der Waals surface area contributed by atoms with Crippen LogP contribution in [-0.4, -0.2) is 136 Å². The van der Waals surface area contributed by atoms with Crippen LogP contribution < -0.4 is 0 Å². The third kappa shape index (κ3) is 13.1. The summed E-state index contributed by atoms with van der Waals surface area (Å²) >= 11 is 0. The molecule has 0 aromatic carbocycles. The van der Waals surface area contributed by atoms with Crippen LogP contribution >= 0.6 is 0 Å². The second kappa shape index (κ2) is 14.7. The summed E-state index contributed by atoms with van der Waals surface area (Å²) in [7, 11) is 0. The minimum Gasteiger partial charge on any atom is -1.00 e. The van der Waals surface area contributed by atoms with E-state index in [2.05, 4.69) is 0 Å². The monoisotopic (exact) mass is 338 g/mol. The van der Waals surface area contributed by atoms with E-state index in [1.165, 1.54) is 0 Å². The van der Waals surface area contributed by atoms with Crippen LogP contribution in [0.15, 0.2) is 0 Å². The molecule has 4 atom stereocenters. The van der Waals surface area contributed by atoms with Crippen molar-refractivity contribution in [2.45, 2.75) is 24.4 Å². The molecule has 0 saturated heterocycles. The van der Waals surface area contributed by atoms with Crippen molar-refractivity contribution < 1.29 is 60.9 Å². The van der Waals surface area contributed by atoms with E-state index in [1.54, 1.807) is 0 Å². The van der Waals surface area contributed by atoms with Crippen LogP contribution in [0.3, 0.4) is 0 Å². The van der Waals surface area contributed by atoms with Crippen molar-refractivity contribution in [2.75, 3.05) is 6.61 Å². The second-order valence-electron chi connectivity index (χ2n) is 3.12. The Kier molecular flexibility index (Phi) is 20.1. The normalized spacial score (nSPS) is 14.7. The Morgan fingerprint density at radius 3 is 1.33 bits per heavy atom. The summed E-state index contributed by atoms with van der Waals surface area (Å²) in [6.45, 7) is -0.843. The summed E-state index contributed by atoms with van der Waals surface area (Å²) in [4.78, 5) is 28.3. The summed E-state index contributed by atoms with van der Waals surface area (Å²) in [6.07, 6.45) is -7.84. The first-order chi connectivity index (χ1) is 8.56. The Morgan fingerprint density at radius 1 is 0.810 bits per heavy atom. The van der Waals surface area contributed by atoms with E-state index in [-0.39, 0.29) is 51.8 Å². The first-order valence-corrected chi connectivity index (χ1v) is 4.58. The molecule has 0 aliphatic rings. The Morgan fingerprint density at radius 2 is 1.14 bits per heavy atom. The van der Waals surface area contributed by atoms with Crippen molar-refractivity contribution in [2.24, 2.45) is 0 Å². The number of hydrogen-bond acceptors (Lipinski definition) is 8. The summed E-state index contributed by atoms with van der Waals surface area (Å²) < 4.78 is 0. The second-order valence-corrected chi connectivity index (χ2v) is 3.12. The molecule has 0 fully saturated rings. The molecule has 11 nitrogen and oxygen atoms in total. The Labute approximate surface area is 156 Å². The van der Waals surface area contributed by atoms with Crippen molar-refractivity contribution in [3.63, 3.8) is 0 Å². The number of rotatable bonds is 5. The molecule has 8 N–H and O–H groups in total. The molecule has 0 rings (SSSR count). The largest absolute Gasteiger partial charge is 2.00 e. The van der Waals surface area contributed by atoms with E-state index in [1.807, 2.05) is 0 Å². The molecule has 0 aliphatic carbocycles. The van der Waals surface area contributed by atoms with E-state index >= 15 is 0 Å². The number of aliphatic hydroxyl groups is 5. The minimum atomic E-state index is -2.20. The quantitative estimate of drug-likeness (QED) is 0.176. The average Bonchev–Trinajstić information content (AvgIpc) is 2.35. The zero-order chi connectivity index (χ0) is 15.7. The van der Waals surface area contributed by atoms with Gasteiger partial charge in [0.2, 0.25) is 0 Å². The van der Waals surface area contributed by atoms with Gasteiger partial charge in [-0.2, -0.15) is 0 Å². The molecule has 0 bridgehead atoms. The molecule has 0 unspecified atom stereocenters. The molecule has 0 aromatic rings. The van der Waals surface area contributed by atoms with Gasteiger partial charge in [0, 0.05) is 0 Å². The summed E-state index contributed by atoms with van der Waals surface area (Å²) in [5, 5.41) is 66.6. The minimum absolute atomic E-state index is 0. The summed E-state index contributed by atoms with van der Waals surface area (Å²) in [5.41, 5.74) is 0. The number of carboxylic acids is 3. The maximum absolute atomic E-state index is 10.1. The van der Waals surface area contributed by atoms with Gasteiger partial charge in [-0.3, -0.25) is 0 Å². The van der Waals surface area contributed by atoms with E-state index < -0.39 is 48.9 Å².